The lowest BCUT2D eigenvalue weighted by Gasteiger charge is -2.07. The second kappa shape index (κ2) is 6.16. The van der Waals surface area contributed by atoms with E-state index in [1.54, 1.807) is 20.5 Å². The van der Waals surface area contributed by atoms with Gasteiger partial charge in [-0.2, -0.15) is 0 Å². The Labute approximate surface area is 134 Å². The SMILES string of the molecule is COc1ccc(OC)c(-c2nc(Cn3cnc(C)c3)c(C)o2)c1. The molecule has 2 aromatic heterocycles. The first-order valence-electron chi connectivity index (χ1n) is 7.27. The number of hydrogen-bond acceptors (Lipinski definition) is 5. The number of benzene rings is 1. The third-order valence-electron chi connectivity index (χ3n) is 3.62. The maximum atomic E-state index is 5.84. The highest BCUT2D eigenvalue weighted by molar-refractivity contribution is 5.65. The summed E-state index contributed by atoms with van der Waals surface area (Å²) in [7, 11) is 3.25. The van der Waals surface area contributed by atoms with Crippen molar-refractivity contribution in [2.75, 3.05) is 14.2 Å². The third-order valence-corrected chi connectivity index (χ3v) is 3.62. The van der Waals surface area contributed by atoms with E-state index in [2.05, 4.69) is 9.97 Å². The zero-order valence-electron chi connectivity index (χ0n) is 13.7. The van der Waals surface area contributed by atoms with Gasteiger partial charge in [0.2, 0.25) is 5.89 Å². The minimum Gasteiger partial charge on any atom is -0.497 e. The standard InChI is InChI=1S/C17H19N3O3/c1-11-8-20(10-18-11)9-15-12(2)23-17(19-15)14-7-13(21-3)5-6-16(14)22-4/h5-8,10H,9H2,1-4H3. The molecule has 0 bridgehead atoms. The molecule has 23 heavy (non-hydrogen) atoms. The average molecular weight is 313 g/mol. The van der Waals surface area contributed by atoms with Crippen LogP contribution in [0.25, 0.3) is 11.5 Å². The van der Waals surface area contributed by atoms with Crippen LogP contribution in [0.2, 0.25) is 0 Å². The Hall–Kier alpha value is -2.76. The van der Waals surface area contributed by atoms with E-state index in [9.17, 15) is 0 Å². The number of oxazole rings is 1. The number of aromatic nitrogens is 3. The van der Waals surface area contributed by atoms with E-state index in [1.807, 2.05) is 42.8 Å². The molecule has 0 saturated carbocycles. The number of imidazole rings is 1. The molecule has 0 spiro atoms. The molecule has 0 saturated heterocycles. The minimum atomic E-state index is 0.519. The zero-order chi connectivity index (χ0) is 16.4. The van der Waals surface area contributed by atoms with Gasteiger partial charge in [0.05, 0.1) is 38.3 Å². The summed E-state index contributed by atoms with van der Waals surface area (Å²) < 4.78 is 18.5. The van der Waals surface area contributed by atoms with Crippen molar-refractivity contribution < 1.29 is 13.9 Å². The smallest absolute Gasteiger partial charge is 0.230 e. The highest BCUT2D eigenvalue weighted by Gasteiger charge is 2.16. The van der Waals surface area contributed by atoms with Gasteiger partial charge in [0.15, 0.2) is 0 Å². The molecule has 0 atom stereocenters. The molecule has 3 aromatic rings. The predicted molar refractivity (Wildman–Crippen MR) is 85.8 cm³/mol. The topological polar surface area (TPSA) is 62.3 Å². The number of methoxy groups -OCH3 is 2. The maximum absolute atomic E-state index is 5.84. The highest BCUT2D eigenvalue weighted by atomic mass is 16.5. The Balaban J connectivity index is 1.97. The van der Waals surface area contributed by atoms with Crippen LogP contribution in [-0.2, 0) is 6.54 Å². The van der Waals surface area contributed by atoms with Crippen LogP contribution >= 0.6 is 0 Å². The van der Waals surface area contributed by atoms with Crippen molar-refractivity contribution in [3.63, 3.8) is 0 Å². The Morgan fingerprint density at radius 1 is 1.17 bits per heavy atom. The van der Waals surface area contributed by atoms with Gasteiger partial charge in [-0.3, -0.25) is 0 Å². The van der Waals surface area contributed by atoms with Crippen molar-refractivity contribution in [1.29, 1.82) is 0 Å². The zero-order valence-corrected chi connectivity index (χ0v) is 13.7. The van der Waals surface area contributed by atoms with Gasteiger partial charge < -0.3 is 18.5 Å². The summed E-state index contributed by atoms with van der Waals surface area (Å²) in [6, 6.07) is 5.54. The van der Waals surface area contributed by atoms with E-state index < -0.39 is 0 Å². The molecule has 1 aromatic carbocycles. The molecule has 0 N–H and O–H groups in total. The number of aryl methyl sites for hydroxylation is 2. The predicted octanol–water partition coefficient (Wildman–Crippen LogP) is 3.22. The first kappa shape index (κ1) is 15.1. The van der Waals surface area contributed by atoms with E-state index in [0.717, 1.165) is 28.5 Å². The lowest BCUT2D eigenvalue weighted by atomic mass is 10.2. The molecule has 0 radical (unpaired) electrons. The fourth-order valence-corrected chi connectivity index (χ4v) is 2.40. The Kier molecular flexibility index (Phi) is 4.06. The second-order valence-corrected chi connectivity index (χ2v) is 5.28. The van der Waals surface area contributed by atoms with E-state index in [-0.39, 0.29) is 0 Å². The maximum Gasteiger partial charge on any atom is 0.230 e. The normalized spacial score (nSPS) is 10.8. The van der Waals surface area contributed by atoms with Gasteiger partial charge in [-0.05, 0) is 32.0 Å². The fraction of sp³-hybridized carbons (Fsp3) is 0.294. The molecular weight excluding hydrogens is 294 g/mol. The summed E-state index contributed by atoms with van der Waals surface area (Å²) in [5.41, 5.74) is 2.60. The molecule has 0 fully saturated rings. The van der Waals surface area contributed by atoms with Crippen LogP contribution < -0.4 is 9.47 Å². The van der Waals surface area contributed by atoms with Crippen molar-refractivity contribution >= 4 is 0 Å². The van der Waals surface area contributed by atoms with Crippen molar-refractivity contribution in [2.24, 2.45) is 0 Å². The van der Waals surface area contributed by atoms with Crippen LogP contribution in [-0.4, -0.2) is 28.8 Å². The van der Waals surface area contributed by atoms with Gasteiger partial charge in [0, 0.05) is 6.20 Å². The van der Waals surface area contributed by atoms with Crippen LogP contribution in [0.5, 0.6) is 11.5 Å². The molecule has 2 heterocycles. The Bertz CT molecular complexity index is 820. The molecule has 3 rings (SSSR count). The van der Waals surface area contributed by atoms with E-state index >= 15 is 0 Å². The van der Waals surface area contributed by atoms with Gasteiger partial charge in [-0.15, -0.1) is 0 Å². The van der Waals surface area contributed by atoms with Crippen molar-refractivity contribution in [2.45, 2.75) is 20.4 Å². The van der Waals surface area contributed by atoms with E-state index in [0.29, 0.717) is 18.2 Å². The van der Waals surface area contributed by atoms with Crippen LogP contribution in [0.15, 0.2) is 35.1 Å². The minimum absolute atomic E-state index is 0.519. The van der Waals surface area contributed by atoms with E-state index in [1.165, 1.54) is 0 Å². The largest absolute Gasteiger partial charge is 0.497 e. The molecule has 0 unspecified atom stereocenters. The van der Waals surface area contributed by atoms with Crippen molar-refractivity contribution in [3.05, 3.63) is 47.9 Å². The van der Waals surface area contributed by atoms with Crippen LogP contribution in [0.3, 0.4) is 0 Å². The first-order chi connectivity index (χ1) is 11.1. The van der Waals surface area contributed by atoms with Crippen molar-refractivity contribution in [3.8, 4) is 23.0 Å². The van der Waals surface area contributed by atoms with Gasteiger partial charge in [0.1, 0.15) is 23.0 Å². The number of hydrogen-bond donors (Lipinski definition) is 0. The Morgan fingerprint density at radius 3 is 2.65 bits per heavy atom. The summed E-state index contributed by atoms with van der Waals surface area (Å²) in [6.07, 6.45) is 3.76. The summed E-state index contributed by atoms with van der Waals surface area (Å²) in [5, 5.41) is 0. The van der Waals surface area contributed by atoms with Crippen LogP contribution in [0.4, 0.5) is 0 Å². The lowest BCUT2D eigenvalue weighted by Crippen LogP contribution is -1.98. The molecule has 120 valence electrons. The van der Waals surface area contributed by atoms with Gasteiger partial charge in [0.25, 0.3) is 0 Å². The molecule has 0 aliphatic carbocycles. The quantitative estimate of drug-likeness (QED) is 0.723. The van der Waals surface area contributed by atoms with E-state index in [4.69, 9.17) is 13.9 Å². The number of ether oxygens (including phenoxy) is 2. The summed E-state index contributed by atoms with van der Waals surface area (Å²) in [4.78, 5) is 8.84. The van der Waals surface area contributed by atoms with Gasteiger partial charge >= 0.3 is 0 Å². The molecule has 0 aliphatic rings. The molecular formula is C17H19N3O3. The van der Waals surface area contributed by atoms with Crippen molar-refractivity contribution in [1.82, 2.24) is 14.5 Å². The molecule has 0 amide bonds. The van der Waals surface area contributed by atoms with Crippen LogP contribution in [0, 0.1) is 13.8 Å². The second-order valence-electron chi connectivity index (χ2n) is 5.28. The highest BCUT2D eigenvalue weighted by Crippen LogP contribution is 2.33. The molecule has 6 heteroatoms. The first-order valence-corrected chi connectivity index (χ1v) is 7.27. The fourth-order valence-electron chi connectivity index (χ4n) is 2.40. The summed E-state index contributed by atoms with van der Waals surface area (Å²) in [6.45, 7) is 4.48. The van der Waals surface area contributed by atoms with Crippen LogP contribution in [0.1, 0.15) is 17.1 Å². The third kappa shape index (κ3) is 3.06. The monoisotopic (exact) mass is 313 g/mol. The number of nitrogens with zero attached hydrogens (tertiary/aromatic N) is 3. The van der Waals surface area contributed by atoms with Gasteiger partial charge in [-0.1, -0.05) is 0 Å². The summed E-state index contributed by atoms with van der Waals surface area (Å²) in [5.74, 6) is 2.71. The Morgan fingerprint density at radius 2 is 2.00 bits per heavy atom. The average Bonchev–Trinajstić information content (AvgIpc) is 3.13. The lowest BCUT2D eigenvalue weighted by molar-refractivity contribution is 0.402. The molecule has 0 aliphatic heterocycles. The molecule has 6 nitrogen and oxygen atoms in total. The summed E-state index contributed by atoms with van der Waals surface area (Å²) >= 11 is 0. The number of rotatable bonds is 5. The van der Waals surface area contributed by atoms with Gasteiger partial charge in [-0.25, -0.2) is 9.97 Å².